The lowest BCUT2D eigenvalue weighted by Crippen LogP contribution is -2.25. The van der Waals surface area contributed by atoms with Gasteiger partial charge in [-0.05, 0) is 81.0 Å². The van der Waals surface area contributed by atoms with Gasteiger partial charge in [0.25, 0.3) is 0 Å². The summed E-state index contributed by atoms with van der Waals surface area (Å²) in [6.07, 6.45) is 8.04. The van der Waals surface area contributed by atoms with E-state index in [0.717, 1.165) is 66.1 Å². The zero-order valence-electron chi connectivity index (χ0n) is 24.4. The molecular weight excluding hydrogens is 485 g/mol. The molecule has 0 aliphatic carbocycles. The molecule has 1 aromatic heterocycles. The fourth-order valence-corrected chi connectivity index (χ4v) is 4.21. The van der Waals surface area contributed by atoms with Crippen molar-refractivity contribution >= 4 is 30.0 Å². The van der Waals surface area contributed by atoms with Gasteiger partial charge in [-0.3, -0.25) is 0 Å². The maximum Gasteiger partial charge on any atom is 0.225 e. The van der Waals surface area contributed by atoms with E-state index < -0.39 is 0 Å². The van der Waals surface area contributed by atoms with Crippen LogP contribution in [0.15, 0.2) is 55.8 Å². The van der Waals surface area contributed by atoms with Crippen LogP contribution < -0.4 is 10.6 Å². The van der Waals surface area contributed by atoms with Crippen LogP contribution in [0.25, 0.3) is 29.5 Å². The minimum absolute atomic E-state index is 0.270. The van der Waals surface area contributed by atoms with Crippen molar-refractivity contribution in [2.75, 3.05) is 36.8 Å². The van der Waals surface area contributed by atoms with Crippen molar-refractivity contribution in [3.63, 3.8) is 0 Å². The van der Waals surface area contributed by atoms with Crippen molar-refractivity contribution in [3.05, 3.63) is 89.4 Å². The lowest BCUT2D eigenvalue weighted by molar-refractivity contribution is 0.303. The highest BCUT2D eigenvalue weighted by atomic mass is 19.1. The van der Waals surface area contributed by atoms with Gasteiger partial charge in [0.05, 0.1) is 5.69 Å². The molecule has 0 bridgehead atoms. The van der Waals surface area contributed by atoms with Gasteiger partial charge in [-0.1, -0.05) is 77.3 Å². The number of rotatable bonds is 13. The predicted octanol–water partition coefficient (Wildman–Crippen LogP) is 8.44. The summed E-state index contributed by atoms with van der Waals surface area (Å²) in [7, 11) is 0. The Hall–Kier alpha value is -3.77. The van der Waals surface area contributed by atoms with Crippen molar-refractivity contribution < 1.29 is 4.39 Å². The Morgan fingerprint density at radius 1 is 0.949 bits per heavy atom. The molecule has 2 N–H and O–H groups in total. The van der Waals surface area contributed by atoms with Crippen LogP contribution in [0.1, 0.15) is 61.9 Å². The Morgan fingerprint density at radius 2 is 1.67 bits per heavy atom. The fourth-order valence-electron chi connectivity index (χ4n) is 4.21. The molecule has 39 heavy (non-hydrogen) atoms. The van der Waals surface area contributed by atoms with Crippen molar-refractivity contribution in [3.8, 4) is 11.3 Å². The summed E-state index contributed by atoms with van der Waals surface area (Å²) in [5.41, 5.74) is 5.91. The second-order valence-electron chi connectivity index (χ2n) is 8.90. The van der Waals surface area contributed by atoms with Crippen molar-refractivity contribution in [1.29, 1.82) is 0 Å². The standard InChI is InChI=1S/C31H38FN5.C2H6/c1-7-24-16-15-23(6)27(21-24)29-26(18-17-25-22(5)13-11-14-28(25)32)30(33-8-2)36-31(35-29)34-19-12-20-37(9-3)10-4;1-2/h7-8,11,13-18,21H,1-2,9-10,12,19-20H2,3-6H3,(H2,33,34,35,36);1-2H3/b18-17-;. The van der Waals surface area contributed by atoms with Crippen LogP contribution in [-0.4, -0.2) is 41.0 Å². The second kappa shape index (κ2) is 16.2. The third-order valence-corrected chi connectivity index (χ3v) is 6.45. The van der Waals surface area contributed by atoms with Gasteiger partial charge in [0.2, 0.25) is 5.95 Å². The average molecular weight is 530 g/mol. The summed E-state index contributed by atoms with van der Waals surface area (Å²) in [5.74, 6) is 0.856. The van der Waals surface area contributed by atoms with E-state index in [9.17, 15) is 4.39 Å². The van der Waals surface area contributed by atoms with Crippen LogP contribution >= 0.6 is 0 Å². The van der Waals surface area contributed by atoms with Crippen LogP contribution in [0.2, 0.25) is 0 Å². The maximum atomic E-state index is 14.6. The van der Waals surface area contributed by atoms with Gasteiger partial charge >= 0.3 is 0 Å². The highest BCUT2D eigenvalue weighted by Crippen LogP contribution is 2.33. The molecule has 0 atom stereocenters. The van der Waals surface area contributed by atoms with Gasteiger partial charge in [-0.15, -0.1) is 0 Å². The number of hydrogen-bond acceptors (Lipinski definition) is 5. The maximum absolute atomic E-state index is 14.6. The third-order valence-electron chi connectivity index (χ3n) is 6.45. The van der Waals surface area contributed by atoms with E-state index in [1.165, 1.54) is 6.07 Å². The van der Waals surface area contributed by atoms with Gasteiger partial charge < -0.3 is 15.5 Å². The molecule has 0 amide bonds. The largest absolute Gasteiger partial charge is 0.354 e. The van der Waals surface area contributed by atoms with Gasteiger partial charge in [-0.2, -0.15) is 4.98 Å². The number of aromatic nitrogens is 2. The summed E-state index contributed by atoms with van der Waals surface area (Å²) in [6.45, 7) is 23.9. The summed E-state index contributed by atoms with van der Waals surface area (Å²) >= 11 is 0. The second-order valence-corrected chi connectivity index (χ2v) is 8.90. The zero-order valence-corrected chi connectivity index (χ0v) is 24.4. The van der Waals surface area contributed by atoms with Gasteiger partial charge in [0.1, 0.15) is 11.6 Å². The zero-order chi connectivity index (χ0) is 28.8. The number of halogens is 1. The molecule has 2 aromatic carbocycles. The van der Waals surface area contributed by atoms with Crippen LogP contribution in [0, 0.1) is 19.7 Å². The summed E-state index contributed by atoms with van der Waals surface area (Å²) in [4.78, 5) is 12.1. The molecule has 0 saturated carbocycles. The first-order chi connectivity index (χ1) is 18.9. The summed E-state index contributed by atoms with van der Waals surface area (Å²) < 4.78 is 14.6. The van der Waals surface area contributed by atoms with Gasteiger partial charge in [-0.25, -0.2) is 9.37 Å². The Labute approximate surface area is 234 Å². The lowest BCUT2D eigenvalue weighted by Gasteiger charge is -2.18. The molecule has 1 heterocycles. The van der Waals surface area contributed by atoms with Crippen molar-refractivity contribution in [2.24, 2.45) is 0 Å². The molecule has 0 spiro atoms. The Morgan fingerprint density at radius 3 is 2.31 bits per heavy atom. The smallest absolute Gasteiger partial charge is 0.225 e. The van der Waals surface area contributed by atoms with E-state index in [1.807, 2.05) is 45.1 Å². The first-order valence-electron chi connectivity index (χ1n) is 13.8. The summed E-state index contributed by atoms with van der Waals surface area (Å²) in [6, 6.07) is 11.2. The van der Waals surface area contributed by atoms with Crippen molar-refractivity contribution in [1.82, 2.24) is 14.9 Å². The van der Waals surface area contributed by atoms with Crippen LogP contribution in [0.3, 0.4) is 0 Å². The Bertz CT molecular complexity index is 1240. The predicted molar refractivity (Wildman–Crippen MR) is 168 cm³/mol. The van der Waals surface area contributed by atoms with E-state index in [-0.39, 0.29) is 5.82 Å². The van der Waals surface area contributed by atoms with E-state index in [2.05, 4.69) is 61.6 Å². The summed E-state index contributed by atoms with van der Waals surface area (Å²) in [5, 5.41) is 6.56. The third kappa shape index (κ3) is 8.62. The normalized spacial score (nSPS) is 10.8. The molecule has 208 valence electrons. The number of nitrogens with zero attached hydrogens (tertiary/aromatic N) is 3. The molecule has 0 aliphatic heterocycles. The molecule has 0 unspecified atom stereocenters. The SMILES string of the molecule is C=CNc1nc(NCCCN(CC)CC)nc(-c2cc(C=C)ccc2C)c1/C=C\c1c(C)cccc1F.CC. The van der Waals surface area contributed by atoms with Crippen molar-refractivity contribution in [2.45, 2.75) is 48.0 Å². The Kier molecular flexibility index (Phi) is 13.1. The highest BCUT2D eigenvalue weighted by molar-refractivity contribution is 5.87. The van der Waals surface area contributed by atoms with E-state index >= 15 is 0 Å². The number of benzene rings is 2. The van der Waals surface area contributed by atoms with E-state index in [4.69, 9.17) is 9.97 Å². The first kappa shape index (κ1) is 31.4. The quantitative estimate of drug-likeness (QED) is 0.218. The average Bonchev–Trinajstić information content (AvgIpc) is 2.95. The number of anilines is 2. The van der Waals surface area contributed by atoms with Crippen LogP contribution in [0.5, 0.6) is 0 Å². The molecule has 3 aromatic rings. The molecule has 6 heteroatoms. The minimum atomic E-state index is -0.270. The topological polar surface area (TPSA) is 53.1 Å². The van der Waals surface area contributed by atoms with E-state index in [1.54, 1.807) is 18.3 Å². The molecule has 0 saturated heterocycles. The monoisotopic (exact) mass is 529 g/mol. The van der Waals surface area contributed by atoms with E-state index in [0.29, 0.717) is 17.3 Å². The molecule has 0 aliphatic rings. The fraction of sp³-hybridized carbons (Fsp3) is 0.333. The molecule has 5 nitrogen and oxygen atoms in total. The number of aryl methyl sites for hydroxylation is 2. The lowest BCUT2D eigenvalue weighted by atomic mass is 9.97. The van der Waals surface area contributed by atoms with Gasteiger partial charge in [0.15, 0.2) is 0 Å². The number of nitrogens with one attached hydrogen (secondary N) is 2. The van der Waals surface area contributed by atoms with Crippen LogP contribution in [0.4, 0.5) is 16.2 Å². The van der Waals surface area contributed by atoms with Crippen LogP contribution in [-0.2, 0) is 0 Å². The first-order valence-corrected chi connectivity index (χ1v) is 13.8. The molecule has 0 radical (unpaired) electrons. The van der Waals surface area contributed by atoms with Gasteiger partial charge in [0, 0.05) is 23.2 Å². The minimum Gasteiger partial charge on any atom is -0.354 e. The molecular formula is C33H44FN5. The molecule has 0 fully saturated rings. The number of hydrogen-bond donors (Lipinski definition) is 2. The molecule has 3 rings (SSSR count). The Balaban J connectivity index is 0.00000260. The highest BCUT2D eigenvalue weighted by Gasteiger charge is 2.16.